The highest BCUT2D eigenvalue weighted by molar-refractivity contribution is 7.91. The fraction of sp³-hybridized carbons (Fsp3) is 0.652. The summed E-state index contributed by atoms with van der Waals surface area (Å²) in [5.74, 6) is -0.219. The Kier molecular flexibility index (Phi) is 9.81. The van der Waals surface area contributed by atoms with Crippen LogP contribution in [0.3, 0.4) is 0 Å². The number of carbonyl (C=O) groups is 2. The first-order valence-corrected chi connectivity index (χ1v) is 15.6. The highest BCUT2D eigenvalue weighted by Gasteiger charge is 2.45. The molecule has 216 valence electrons. The third kappa shape index (κ3) is 7.67. The molecule has 2 amide bonds. The van der Waals surface area contributed by atoms with E-state index in [4.69, 9.17) is 0 Å². The largest absolute Gasteiger partial charge is 0.416 e. The summed E-state index contributed by atoms with van der Waals surface area (Å²) in [7, 11) is -6.89. The zero-order valence-electron chi connectivity index (χ0n) is 21.1. The molecular formula is C23H35F3N4O6S2. The summed E-state index contributed by atoms with van der Waals surface area (Å²) in [6.07, 6.45) is 0.726. The molecule has 3 aliphatic heterocycles. The van der Waals surface area contributed by atoms with Crippen molar-refractivity contribution >= 4 is 32.4 Å². The van der Waals surface area contributed by atoms with E-state index in [0.29, 0.717) is 31.4 Å². The number of alkyl halides is 3. The van der Waals surface area contributed by atoms with Crippen LogP contribution in [0, 0.1) is 5.92 Å². The predicted octanol–water partition coefficient (Wildman–Crippen LogP) is 1.49. The fourth-order valence-corrected chi connectivity index (χ4v) is 7.43. The van der Waals surface area contributed by atoms with Gasteiger partial charge in [0, 0.05) is 53.5 Å². The van der Waals surface area contributed by atoms with Gasteiger partial charge in [-0.25, -0.2) is 8.42 Å². The van der Waals surface area contributed by atoms with Crippen LogP contribution in [0.15, 0.2) is 24.3 Å². The molecule has 0 aromatic heterocycles. The van der Waals surface area contributed by atoms with Crippen LogP contribution in [0.1, 0.15) is 38.2 Å². The smallest absolute Gasteiger partial charge is 0.355 e. The number of hydrogen-bond acceptors (Lipinski definition) is 6. The van der Waals surface area contributed by atoms with Gasteiger partial charge in [-0.1, -0.05) is 12.1 Å². The van der Waals surface area contributed by atoms with Crippen LogP contribution in [0.2, 0.25) is 0 Å². The molecule has 15 heteroatoms. The third-order valence-electron chi connectivity index (χ3n) is 6.89. The molecule has 0 aliphatic carbocycles. The van der Waals surface area contributed by atoms with E-state index >= 15 is 0 Å². The van der Waals surface area contributed by atoms with Crippen molar-refractivity contribution in [2.45, 2.75) is 43.7 Å². The van der Waals surface area contributed by atoms with Gasteiger partial charge in [-0.2, -0.15) is 30.2 Å². The van der Waals surface area contributed by atoms with Gasteiger partial charge >= 0.3 is 6.18 Å². The number of carbonyl (C=O) groups excluding carboxylic acids is 2. The molecule has 0 bridgehead atoms. The molecule has 3 heterocycles. The molecule has 1 atom stereocenters. The van der Waals surface area contributed by atoms with Gasteiger partial charge in [0.05, 0.1) is 16.7 Å². The molecule has 0 unspecified atom stereocenters. The number of nitrogens with zero attached hydrogens (tertiary/aromatic N) is 3. The van der Waals surface area contributed by atoms with Crippen molar-refractivity contribution in [1.82, 2.24) is 18.8 Å². The SMILES string of the molecule is CS(=O)(=O)C1CN(S(=O)(=O)N2CCC[C@H](C(=O)N3CCCC3)C2)C1.O=CNCc1ccc(C(F)(F)F)cc1.[HH]. The molecule has 3 saturated heterocycles. The number of likely N-dealkylation sites (tertiary alicyclic amines) is 1. The highest BCUT2D eigenvalue weighted by atomic mass is 32.2. The van der Waals surface area contributed by atoms with Gasteiger partial charge in [0.1, 0.15) is 0 Å². The van der Waals surface area contributed by atoms with Crippen molar-refractivity contribution in [3.8, 4) is 0 Å². The number of amides is 2. The first-order valence-electron chi connectivity index (χ1n) is 12.3. The van der Waals surface area contributed by atoms with E-state index in [1.165, 1.54) is 20.7 Å². The Bertz CT molecular complexity index is 1190. The lowest BCUT2D eigenvalue weighted by atomic mass is 9.98. The normalized spacial score (nSPS) is 21.8. The second-order valence-electron chi connectivity index (χ2n) is 9.70. The number of sulfone groups is 1. The molecule has 1 aromatic carbocycles. The van der Waals surface area contributed by atoms with Gasteiger partial charge in [-0.15, -0.1) is 0 Å². The Morgan fingerprint density at radius 2 is 1.61 bits per heavy atom. The average molecular weight is 585 g/mol. The molecule has 0 saturated carbocycles. The predicted molar refractivity (Wildman–Crippen MR) is 136 cm³/mol. The highest BCUT2D eigenvalue weighted by Crippen LogP contribution is 2.29. The maximum Gasteiger partial charge on any atom is 0.416 e. The monoisotopic (exact) mass is 584 g/mol. The fourth-order valence-electron chi connectivity index (χ4n) is 4.54. The van der Waals surface area contributed by atoms with Crippen LogP contribution >= 0.6 is 0 Å². The number of piperidine rings is 1. The second kappa shape index (κ2) is 12.3. The summed E-state index contributed by atoms with van der Waals surface area (Å²) >= 11 is 0. The summed E-state index contributed by atoms with van der Waals surface area (Å²) in [5.41, 5.74) is -0.0579. The molecular weight excluding hydrogens is 549 g/mol. The molecule has 10 nitrogen and oxygen atoms in total. The third-order valence-corrected chi connectivity index (χ3v) is 10.3. The quantitative estimate of drug-likeness (QED) is 0.485. The van der Waals surface area contributed by atoms with Gasteiger partial charge in [-0.3, -0.25) is 9.59 Å². The van der Waals surface area contributed by atoms with Crippen LogP contribution in [0.4, 0.5) is 13.2 Å². The molecule has 1 N–H and O–H groups in total. The van der Waals surface area contributed by atoms with E-state index in [-0.39, 0.29) is 39.4 Å². The Labute approximate surface area is 222 Å². The van der Waals surface area contributed by atoms with E-state index in [1.54, 1.807) is 0 Å². The van der Waals surface area contributed by atoms with E-state index in [1.807, 2.05) is 4.90 Å². The van der Waals surface area contributed by atoms with Crippen LogP contribution in [-0.2, 0) is 42.4 Å². The average Bonchev–Trinajstić information content (AvgIpc) is 3.35. The molecule has 38 heavy (non-hydrogen) atoms. The van der Waals surface area contributed by atoms with E-state index in [0.717, 1.165) is 44.3 Å². The van der Waals surface area contributed by atoms with Crippen molar-refractivity contribution in [3.63, 3.8) is 0 Å². The van der Waals surface area contributed by atoms with Crippen LogP contribution in [0.5, 0.6) is 0 Å². The van der Waals surface area contributed by atoms with Crippen molar-refractivity contribution in [2.75, 3.05) is 45.5 Å². The Morgan fingerprint density at radius 1 is 1.00 bits per heavy atom. The van der Waals surface area contributed by atoms with Gasteiger partial charge in [0.2, 0.25) is 12.3 Å². The van der Waals surface area contributed by atoms with Crippen molar-refractivity contribution < 1.29 is 41.0 Å². The molecule has 4 rings (SSSR count). The molecule has 0 spiro atoms. The van der Waals surface area contributed by atoms with E-state index in [2.05, 4.69) is 5.32 Å². The Balaban J connectivity index is 0.000000306. The summed E-state index contributed by atoms with van der Waals surface area (Å²) in [5, 5.41) is 1.75. The van der Waals surface area contributed by atoms with E-state index in [9.17, 15) is 39.6 Å². The van der Waals surface area contributed by atoms with Gasteiger partial charge in [0.25, 0.3) is 10.2 Å². The van der Waals surface area contributed by atoms with Crippen molar-refractivity contribution in [1.29, 1.82) is 0 Å². The molecule has 3 fully saturated rings. The van der Waals surface area contributed by atoms with Crippen LogP contribution < -0.4 is 5.32 Å². The lowest BCUT2D eigenvalue weighted by molar-refractivity contribution is -0.137. The summed E-state index contributed by atoms with van der Waals surface area (Å²) in [6, 6.07) is 4.64. The zero-order chi connectivity index (χ0) is 28.1. The number of nitrogens with one attached hydrogen (secondary N) is 1. The minimum atomic E-state index is -4.31. The first-order chi connectivity index (χ1) is 17.7. The van der Waals surface area contributed by atoms with E-state index < -0.39 is 37.0 Å². The maximum atomic E-state index is 12.7. The van der Waals surface area contributed by atoms with Gasteiger partial charge < -0.3 is 10.2 Å². The van der Waals surface area contributed by atoms with Gasteiger partial charge in [0.15, 0.2) is 9.84 Å². The molecule has 3 aliphatic rings. The second-order valence-corrected chi connectivity index (χ2v) is 14.0. The van der Waals surface area contributed by atoms with Crippen LogP contribution in [0.25, 0.3) is 0 Å². The number of rotatable bonds is 7. The first kappa shape index (κ1) is 30.3. The van der Waals surface area contributed by atoms with Crippen LogP contribution in [-0.4, -0.2) is 93.4 Å². The topological polar surface area (TPSA) is 124 Å². The zero-order valence-corrected chi connectivity index (χ0v) is 22.7. The summed E-state index contributed by atoms with van der Waals surface area (Å²) in [4.78, 5) is 24.3. The lowest BCUT2D eigenvalue weighted by Crippen LogP contribution is -2.61. The minimum absolute atomic E-state index is 0. The molecule has 0 radical (unpaired) electrons. The number of halogens is 3. The van der Waals surface area contributed by atoms with Crippen molar-refractivity contribution in [2.24, 2.45) is 5.92 Å². The molecule has 1 aromatic rings. The number of hydrogen-bond donors (Lipinski definition) is 1. The Morgan fingerprint density at radius 3 is 2.13 bits per heavy atom. The minimum Gasteiger partial charge on any atom is -0.355 e. The number of benzene rings is 1. The summed E-state index contributed by atoms with van der Waals surface area (Å²) < 4.78 is 87.1. The van der Waals surface area contributed by atoms with Crippen molar-refractivity contribution in [3.05, 3.63) is 35.4 Å². The standard InChI is InChI=1S/C14H25N3O5S2.C9H8F3NO.H2/c1-23(19,20)13-10-17(11-13)24(21,22)16-8-4-5-12(9-16)14(18)15-6-2-3-7-15;10-9(11,12)8-3-1-7(2-4-8)5-13-6-14;/h12-13H,2-11H2,1H3;1-4,6H,5H2,(H,13,14);1H/t12-;;/m0../s1. The van der Waals surface area contributed by atoms with Gasteiger partial charge in [-0.05, 0) is 43.4 Å². The Hall–Kier alpha value is -2.23. The lowest BCUT2D eigenvalue weighted by Gasteiger charge is -2.42. The summed E-state index contributed by atoms with van der Waals surface area (Å²) in [6.45, 7) is 2.41. The maximum absolute atomic E-state index is 12.7.